The van der Waals surface area contributed by atoms with E-state index in [1.165, 1.54) is 32.3 Å². The first kappa shape index (κ1) is 24.1. The van der Waals surface area contributed by atoms with Gasteiger partial charge in [-0.1, -0.05) is 103 Å². The third-order valence-electron chi connectivity index (χ3n) is 9.28. The molecule has 0 spiro atoms. The summed E-state index contributed by atoms with van der Waals surface area (Å²) in [7, 11) is -3.38. The molecule has 1 unspecified atom stereocenters. The Morgan fingerprint density at radius 2 is 1.02 bits per heavy atom. The molecule has 0 saturated carbocycles. The van der Waals surface area contributed by atoms with E-state index in [0.717, 1.165) is 27.2 Å². The van der Waals surface area contributed by atoms with Crippen molar-refractivity contribution in [1.29, 1.82) is 0 Å². The van der Waals surface area contributed by atoms with Crippen LogP contribution in [0.5, 0.6) is 23.0 Å². The largest absolute Gasteiger partial charge is 0.456 e. The molecule has 2 aliphatic rings. The molecule has 8 aromatic carbocycles. The highest BCUT2D eigenvalue weighted by atomic mass is 31.2. The number of para-hydroxylation sites is 1. The van der Waals surface area contributed by atoms with Crippen LogP contribution in [-0.4, -0.2) is 0 Å². The van der Waals surface area contributed by atoms with Gasteiger partial charge in [-0.2, -0.15) is 0 Å². The Balaban J connectivity index is 1.29. The summed E-state index contributed by atoms with van der Waals surface area (Å²) < 4.78 is 29.2. The molecule has 0 N–H and O–H groups in total. The number of benzene rings is 8. The van der Waals surface area contributed by atoms with Crippen molar-refractivity contribution in [2.75, 3.05) is 0 Å². The van der Waals surface area contributed by atoms with Crippen LogP contribution < -0.4 is 25.4 Å². The Labute approximate surface area is 253 Å². The third kappa shape index (κ3) is 3.04. The molecule has 1 atom stereocenters. The Morgan fingerprint density at radius 1 is 0.432 bits per heavy atom. The molecule has 0 aromatic heterocycles. The fourth-order valence-corrected chi connectivity index (χ4v) is 10.7. The predicted octanol–water partition coefficient (Wildman–Crippen LogP) is 9.82. The van der Waals surface area contributed by atoms with Crippen LogP contribution in [0.2, 0.25) is 0 Å². The highest BCUT2D eigenvalue weighted by Gasteiger charge is 2.48. The average molecular weight is 583 g/mol. The zero-order chi connectivity index (χ0) is 29.0. The summed E-state index contributed by atoms with van der Waals surface area (Å²) in [6.07, 6.45) is 0. The van der Waals surface area contributed by atoms with E-state index >= 15 is 4.57 Å². The van der Waals surface area contributed by atoms with Crippen molar-refractivity contribution >= 4 is 66.1 Å². The summed E-state index contributed by atoms with van der Waals surface area (Å²) in [5.41, 5.74) is 1.90. The maximum absolute atomic E-state index is 15.9. The second-order valence-electron chi connectivity index (χ2n) is 11.6. The molecule has 10 rings (SSSR count). The molecule has 0 amide bonds. The topological polar surface area (TPSA) is 35.5 Å². The molecule has 0 aliphatic carbocycles. The van der Waals surface area contributed by atoms with Crippen LogP contribution in [0.4, 0.5) is 0 Å². The van der Waals surface area contributed by atoms with Crippen LogP contribution in [-0.2, 0) is 4.57 Å². The quantitative estimate of drug-likeness (QED) is 0.143. The van der Waals surface area contributed by atoms with E-state index < -0.39 is 7.14 Å². The first-order chi connectivity index (χ1) is 21.7. The maximum Gasteiger partial charge on any atom is 0.186 e. The molecule has 8 aromatic rings. The van der Waals surface area contributed by atoms with Gasteiger partial charge in [0.05, 0.1) is 10.6 Å². The van der Waals surface area contributed by atoms with Gasteiger partial charge in [-0.15, -0.1) is 0 Å². The zero-order valence-electron chi connectivity index (χ0n) is 23.5. The molecule has 4 heteroatoms. The van der Waals surface area contributed by atoms with Gasteiger partial charge in [0.1, 0.15) is 28.3 Å². The van der Waals surface area contributed by atoms with E-state index in [-0.39, 0.29) is 0 Å². The standard InChI is InChI=1S/C40H23O3P/c41-44-37-16-8-7-15-34(37)42-36-22-20-26(38(40(36)44)43-35-21-18-24-9-1-2-10-27(24)39(35)44)25-17-19-32-30-13-4-3-11-28(30)29-12-5-6-14-31(29)33(32)23-25/h1-23H. The lowest BCUT2D eigenvalue weighted by molar-refractivity contribution is 0.463. The summed E-state index contributed by atoms with van der Waals surface area (Å²) in [5, 5.41) is 11.4. The van der Waals surface area contributed by atoms with Crippen molar-refractivity contribution in [2.45, 2.75) is 0 Å². The van der Waals surface area contributed by atoms with Gasteiger partial charge < -0.3 is 14.0 Å². The Kier molecular flexibility index (Phi) is 4.71. The van der Waals surface area contributed by atoms with E-state index in [0.29, 0.717) is 33.6 Å². The van der Waals surface area contributed by atoms with Crippen LogP contribution >= 0.6 is 7.14 Å². The highest BCUT2D eigenvalue weighted by Crippen LogP contribution is 2.61. The van der Waals surface area contributed by atoms with E-state index in [1.807, 2.05) is 60.7 Å². The minimum Gasteiger partial charge on any atom is -0.456 e. The van der Waals surface area contributed by atoms with Crippen molar-refractivity contribution in [3.8, 4) is 34.1 Å². The molecule has 2 heterocycles. The Bertz CT molecular complexity index is 2570. The van der Waals surface area contributed by atoms with Gasteiger partial charge >= 0.3 is 0 Å². The molecule has 0 bridgehead atoms. The van der Waals surface area contributed by atoms with Crippen molar-refractivity contribution in [3.05, 3.63) is 140 Å². The van der Waals surface area contributed by atoms with Gasteiger partial charge in [0.25, 0.3) is 0 Å². The first-order valence-electron chi connectivity index (χ1n) is 14.8. The minimum atomic E-state index is -3.38. The fraction of sp³-hybridized carbons (Fsp3) is 0. The van der Waals surface area contributed by atoms with Crippen molar-refractivity contribution < 1.29 is 14.0 Å². The summed E-state index contributed by atoms with van der Waals surface area (Å²) in [5.74, 6) is 2.45. The molecule has 44 heavy (non-hydrogen) atoms. The van der Waals surface area contributed by atoms with Gasteiger partial charge in [-0.3, -0.25) is 0 Å². The molecule has 0 fully saturated rings. The number of hydrogen-bond donors (Lipinski definition) is 0. The molecule has 3 nitrogen and oxygen atoms in total. The van der Waals surface area contributed by atoms with Crippen LogP contribution in [0.15, 0.2) is 140 Å². The SMILES string of the molecule is O=P12c3ccccc3Oc3ccc(-c4ccc5c6ccccc6c6ccccc6c5c4)c(c31)Oc1ccc3ccccc3c12. The molecular weight excluding hydrogens is 559 g/mol. The lowest BCUT2D eigenvalue weighted by Gasteiger charge is -2.36. The number of ether oxygens (including phenoxy) is 2. The van der Waals surface area contributed by atoms with Crippen LogP contribution in [0.1, 0.15) is 0 Å². The Hall–Kier alpha value is -5.37. The Morgan fingerprint density at radius 3 is 1.80 bits per heavy atom. The van der Waals surface area contributed by atoms with Crippen LogP contribution in [0, 0.1) is 0 Å². The van der Waals surface area contributed by atoms with Crippen molar-refractivity contribution in [1.82, 2.24) is 0 Å². The predicted molar refractivity (Wildman–Crippen MR) is 181 cm³/mol. The van der Waals surface area contributed by atoms with Gasteiger partial charge in [0.15, 0.2) is 7.14 Å². The summed E-state index contributed by atoms with van der Waals surface area (Å²) >= 11 is 0. The molecular formula is C40H23O3P. The van der Waals surface area contributed by atoms with Crippen molar-refractivity contribution in [2.24, 2.45) is 0 Å². The smallest absolute Gasteiger partial charge is 0.186 e. The van der Waals surface area contributed by atoms with E-state index in [9.17, 15) is 0 Å². The van der Waals surface area contributed by atoms with Crippen LogP contribution in [0.3, 0.4) is 0 Å². The number of fused-ring (bicyclic) bond motifs is 12. The van der Waals surface area contributed by atoms with Crippen molar-refractivity contribution in [3.63, 3.8) is 0 Å². The fourth-order valence-electron chi connectivity index (χ4n) is 7.37. The summed E-state index contributed by atoms with van der Waals surface area (Å²) in [4.78, 5) is 0. The molecule has 0 radical (unpaired) electrons. The average Bonchev–Trinajstić information content (AvgIpc) is 3.08. The normalized spacial score (nSPS) is 16.3. The van der Waals surface area contributed by atoms with Crippen LogP contribution in [0.25, 0.3) is 54.2 Å². The lowest BCUT2D eigenvalue weighted by atomic mass is 9.92. The highest BCUT2D eigenvalue weighted by molar-refractivity contribution is 7.86. The molecule has 2 aliphatic heterocycles. The maximum atomic E-state index is 15.9. The van der Waals surface area contributed by atoms with Gasteiger partial charge in [0.2, 0.25) is 0 Å². The van der Waals surface area contributed by atoms with Gasteiger partial charge in [-0.25, -0.2) is 0 Å². The molecule has 0 saturated heterocycles. The monoisotopic (exact) mass is 582 g/mol. The van der Waals surface area contributed by atoms with E-state index in [2.05, 4.69) is 78.9 Å². The van der Waals surface area contributed by atoms with E-state index in [4.69, 9.17) is 9.47 Å². The second kappa shape index (κ2) is 8.60. The van der Waals surface area contributed by atoms with Gasteiger partial charge in [0, 0.05) is 5.56 Å². The third-order valence-corrected chi connectivity index (χ3v) is 12.5. The lowest BCUT2D eigenvalue weighted by Crippen LogP contribution is -2.35. The minimum absolute atomic E-state index is 0.585. The second-order valence-corrected chi connectivity index (χ2v) is 14.1. The van der Waals surface area contributed by atoms with Gasteiger partial charge in [-0.05, 0) is 85.1 Å². The summed E-state index contributed by atoms with van der Waals surface area (Å²) in [6.45, 7) is 0. The zero-order valence-corrected chi connectivity index (χ0v) is 24.3. The summed E-state index contributed by atoms with van der Waals surface area (Å²) in [6, 6.07) is 47.7. The first-order valence-corrected chi connectivity index (χ1v) is 16.5. The van der Waals surface area contributed by atoms with E-state index in [1.54, 1.807) is 0 Å². The number of rotatable bonds is 1. The molecule has 206 valence electrons. The number of hydrogen-bond acceptors (Lipinski definition) is 3.